The second-order valence-corrected chi connectivity index (χ2v) is 5.58. The van der Waals surface area contributed by atoms with E-state index in [2.05, 4.69) is 0 Å². The van der Waals surface area contributed by atoms with Crippen molar-refractivity contribution in [2.24, 2.45) is 5.73 Å². The highest BCUT2D eigenvalue weighted by atomic mass is 19.1. The lowest BCUT2D eigenvalue weighted by atomic mass is 9.88. The number of benzene rings is 2. The van der Waals surface area contributed by atoms with E-state index in [0.29, 0.717) is 12.8 Å². The number of fused-ring (bicyclic) bond motifs is 1. The van der Waals surface area contributed by atoms with Crippen LogP contribution >= 0.6 is 0 Å². The van der Waals surface area contributed by atoms with Crippen LogP contribution in [0.2, 0.25) is 0 Å². The molecule has 110 valence electrons. The molecule has 2 aromatic carbocycles. The SMILES string of the molecule is COc1ccc(CC2(O)CC(N)c3ccccc32)cc1F. The zero-order valence-corrected chi connectivity index (χ0v) is 11.8. The van der Waals surface area contributed by atoms with E-state index in [0.717, 1.165) is 16.7 Å². The number of methoxy groups -OCH3 is 1. The minimum absolute atomic E-state index is 0.186. The molecule has 21 heavy (non-hydrogen) atoms. The minimum atomic E-state index is -1.04. The molecule has 1 aliphatic rings. The third-order valence-corrected chi connectivity index (χ3v) is 4.13. The molecule has 0 aromatic heterocycles. The summed E-state index contributed by atoms with van der Waals surface area (Å²) >= 11 is 0. The van der Waals surface area contributed by atoms with Gasteiger partial charge in [-0.25, -0.2) is 4.39 Å². The quantitative estimate of drug-likeness (QED) is 0.912. The Balaban J connectivity index is 1.93. The van der Waals surface area contributed by atoms with Crippen LogP contribution in [0.1, 0.15) is 29.2 Å². The minimum Gasteiger partial charge on any atom is -0.494 e. The Hall–Kier alpha value is -1.91. The predicted octanol–water partition coefficient (Wildman–Crippen LogP) is 2.67. The van der Waals surface area contributed by atoms with E-state index in [-0.39, 0.29) is 11.8 Å². The Morgan fingerprint density at radius 2 is 2.10 bits per heavy atom. The van der Waals surface area contributed by atoms with Crippen molar-refractivity contribution in [2.75, 3.05) is 7.11 Å². The molecule has 0 aliphatic heterocycles. The van der Waals surface area contributed by atoms with E-state index in [9.17, 15) is 9.50 Å². The topological polar surface area (TPSA) is 55.5 Å². The highest BCUT2D eigenvalue weighted by Crippen LogP contribution is 2.44. The lowest BCUT2D eigenvalue weighted by Crippen LogP contribution is -2.26. The molecule has 3 nitrogen and oxygen atoms in total. The molecule has 0 amide bonds. The molecule has 0 bridgehead atoms. The molecule has 3 rings (SSSR count). The summed E-state index contributed by atoms with van der Waals surface area (Å²) in [6.07, 6.45) is 0.776. The van der Waals surface area contributed by atoms with Crippen molar-refractivity contribution >= 4 is 0 Å². The molecule has 2 atom stereocenters. The van der Waals surface area contributed by atoms with Crippen LogP contribution in [0, 0.1) is 5.82 Å². The van der Waals surface area contributed by atoms with E-state index in [1.807, 2.05) is 24.3 Å². The fraction of sp³-hybridized carbons (Fsp3) is 0.294. The lowest BCUT2D eigenvalue weighted by Gasteiger charge is -2.24. The standard InChI is InChI=1S/C17H18FNO2/c1-21-16-7-6-11(8-14(16)18)9-17(20)10-15(19)12-4-2-3-5-13(12)17/h2-8,15,20H,9-10,19H2,1H3. The van der Waals surface area contributed by atoms with Crippen LogP contribution in [0.3, 0.4) is 0 Å². The van der Waals surface area contributed by atoms with E-state index in [4.69, 9.17) is 10.5 Å². The number of rotatable bonds is 3. The molecular weight excluding hydrogens is 269 g/mol. The highest BCUT2D eigenvalue weighted by molar-refractivity contribution is 5.42. The van der Waals surface area contributed by atoms with Gasteiger partial charge in [0.25, 0.3) is 0 Å². The number of halogens is 1. The van der Waals surface area contributed by atoms with E-state index < -0.39 is 11.4 Å². The van der Waals surface area contributed by atoms with Gasteiger partial charge in [0.2, 0.25) is 0 Å². The molecule has 0 radical (unpaired) electrons. The molecule has 1 aliphatic carbocycles. The first-order valence-electron chi connectivity index (χ1n) is 6.93. The summed E-state index contributed by atoms with van der Waals surface area (Å²) in [4.78, 5) is 0. The second kappa shape index (κ2) is 5.13. The largest absolute Gasteiger partial charge is 0.494 e. The Morgan fingerprint density at radius 3 is 2.81 bits per heavy atom. The molecule has 0 fully saturated rings. The van der Waals surface area contributed by atoms with Gasteiger partial charge in [0.1, 0.15) is 0 Å². The molecule has 0 spiro atoms. The van der Waals surface area contributed by atoms with Crippen molar-refractivity contribution < 1.29 is 14.2 Å². The Labute approximate surface area is 123 Å². The zero-order chi connectivity index (χ0) is 15.0. The summed E-state index contributed by atoms with van der Waals surface area (Å²) in [5, 5.41) is 11.0. The van der Waals surface area contributed by atoms with Gasteiger partial charge < -0.3 is 15.6 Å². The van der Waals surface area contributed by atoms with Crippen molar-refractivity contribution in [3.8, 4) is 5.75 Å². The van der Waals surface area contributed by atoms with E-state index in [1.54, 1.807) is 12.1 Å². The van der Waals surface area contributed by atoms with Crippen molar-refractivity contribution in [2.45, 2.75) is 24.5 Å². The van der Waals surface area contributed by atoms with Gasteiger partial charge in [0, 0.05) is 12.5 Å². The van der Waals surface area contributed by atoms with Gasteiger partial charge in [0.05, 0.1) is 12.7 Å². The molecule has 0 heterocycles. The smallest absolute Gasteiger partial charge is 0.165 e. The van der Waals surface area contributed by atoms with Gasteiger partial charge in [-0.2, -0.15) is 0 Å². The van der Waals surface area contributed by atoms with Gasteiger partial charge in [-0.3, -0.25) is 0 Å². The van der Waals surface area contributed by atoms with Gasteiger partial charge in [-0.05, 0) is 35.2 Å². The third kappa shape index (κ3) is 2.41. The number of hydrogen-bond donors (Lipinski definition) is 2. The highest BCUT2D eigenvalue weighted by Gasteiger charge is 2.40. The van der Waals surface area contributed by atoms with Crippen molar-refractivity contribution in [3.05, 3.63) is 65.0 Å². The van der Waals surface area contributed by atoms with E-state index >= 15 is 0 Å². The van der Waals surface area contributed by atoms with Crippen LogP contribution in [0.25, 0.3) is 0 Å². The summed E-state index contributed by atoms with van der Waals surface area (Å²) in [6.45, 7) is 0. The maximum absolute atomic E-state index is 13.8. The summed E-state index contributed by atoms with van der Waals surface area (Å²) in [5.74, 6) is -0.219. The first kappa shape index (κ1) is 14.0. The second-order valence-electron chi connectivity index (χ2n) is 5.58. The first-order valence-corrected chi connectivity index (χ1v) is 6.93. The molecule has 2 aromatic rings. The van der Waals surface area contributed by atoms with Crippen LogP contribution < -0.4 is 10.5 Å². The summed E-state index contributed by atoms with van der Waals surface area (Å²) in [7, 11) is 1.43. The van der Waals surface area contributed by atoms with Crippen LogP contribution in [0.4, 0.5) is 4.39 Å². The van der Waals surface area contributed by atoms with Crippen molar-refractivity contribution in [1.82, 2.24) is 0 Å². The van der Waals surface area contributed by atoms with Crippen LogP contribution in [-0.2, 0) is 12.0 Å². The zero-order valence-electron chi connectivity index (χ0n) is 11.8. The predicted molar refractivity (Wildman–Crippen MR) is 78.5 cm³/mol. The van der Waals surface area contributed by atoms with Gasteiger partial charge in [-0.15, -0.1) is 0 Å². The Bertz CT molecular complexity index is 674. The van der Waals surface area contributed by atoms with Gasteiger partial charge in [0.15, 0.2) is 11.6 Å². The normalized spacial score (nSPS) is 23.9. The van der Waals surface area contributed by atoms with Crippen molar-refractivity contribution in [1.29, 1.82) is 0 Å². The number of ether oxygens (including phenoxy) is 1. The molecule has 4 heteroatoms. The fourth-order valence-corrected chi connectivity index (χ4v) is 3.15. The Morgan fingerprint density at radius 1 is 1.33 bits per heavy atom. The van der Waals surface area contributed by atoms with Crippen LogP contribution in [-0.4, -0.2) is 12.2 Å². The van der Waals surface area contributed by atoms with Crippen LogP contribution in [0.15, 0.2) is 42.5 Å². The Kier molecular flexibility index (Phi) is 3.43. The maximum atomic E-state index is 13.8. The molecule has 0 saturated carbocycles. The maximum Gasteiger partial charge on any atom is 0.165 e. The monoisotopic (exact) mass is 287 g/mol. The molecule has 0 saturated heterocycles. The van der Waals surface area contributed by atoms with Crippen LogP contribution in [0.5, 0.6) is 5.75 Å². The third-order valence-electron chi connectivity index (χ3n) is 4.13. The number of nitrogens with two attached hydrogens (primary N) is 1. The number of hydrogen-bond acceptors (Lipinski definition) is 3. The van der Waals surface area contributed by atoms with Crippen molar-refractivity contribution in [3.63, 3.8) is 0 Å². The summed E-state index contributed by atoms with van der Waals surface area (Å²) in [6, 6.07) is 12.2. The van der Waals surface area contributed by atoms with Gasteiger partial charge in [-0.1, -0.05) is 30.3 Å². The molecule has 2 unspecified atom stereocenters. The lowest BCUT2D eigenvalue weighted by molar-refractivity contribution is 0.0341. The molecule has 3 N–H and O–H groups in total. The van der Waals surface area contributed by atoms with Gasteiger partial charge >= 0.3 is 0 Å². The first-order chi connectivity index (χ1) is 10.0. The fourth-order valence-electron chi connectivity index (χ4n) is 3.15. The number of aliphatic hydroxyl groups is 1. The summed E-state index contributed by atoms with van der Waals surface area (Å²) < 4.78 is 18.7. The average Bonchev–Trinajstić information content (AvgIpc) is 2.71. The average molecular weight is 287 g/mol. The molecular formula is C17H18FNO2. The summed E-state index contributed by atoms with van der Waals surface area (Å²) in [5.41, 5.74) is 7.58. The van der Waals surface area contributed by atoms with E-state index in [1.165, 1.54) is 13.2 Å².